The van der Waals surface area contributed by atoms with Gasteiger partial charge in [-0.15, -0.1) is 10.2 Å². The molecule has 3 aromatic carbocycles. The Labute approximate surface area is 450 Å². The number of nitrogens with zero attached hydrogens (tertiary/aromatic N) is 9. The Balaban J connectivity index is 0.624. The number of likely N-dealkylation sites (tertiary alicyclic amines) is 2. The van der Waals surface area contributed by atoms with Gasteiger partial charge in [0.25, 0.3) is 5.91 Å². The zero-order valence-electron chi connectivity index (χ0n) is 43.1. The number of piperazine rings is 1. The van der Waals surface area contributed by atoms with Gasteiger partial charge < -0.3 is 44.2 Å². The molecule has 1 aliphatic carbocycles. The highest BCUT2D eigenvalue weighted by Gasteiger charge is 2.46. The van der Waals surface area contributed by atoms with Crippen LogP contribution in [0.1, 0.15) is 106 Å². The summed E-state index contributed by atoms with van der Waals surface area (Å²) in [6.07, 6.45) is 13.3. The monoisotopic (exact) mass is 1060 g/mol. The van der Waals surface area contributed by atoms with Gasteiger partial charge in [0.1, 0.15) is 34.2 Å². The summed E-state index contributed by atoms with van der Waals surface area (Å²) < 4.78 is 20.3. The molecule has 2 bridgehead atoms. The maximum Gasteiger partial charge on any atom is 0.275 e. The number of hydrogen-bond donors (Lipinski definition) is 4. The number of phenolic OH excluding ortho intramolecular Hbond substituents is 1. The number of hydroxylamine groups is 1. The lowest BCUT2D eigenvalue weighted by Crippen LogP contribution is -2.54. The fourth-order valence-electron chi connectivity index (χ4n) is 12.9. The van der Waals surface area contributed by atoms with Crippen LogP contribution in [0.2, 0.25) is 5.02 Å². The van der Waals surface area contributed by atoms with E-state index in [1.54, 1.807) is 54.6 Å². The van der Waals surface area contributed by atoms with E-state index in [-0.39, 0.29) is 48.0 Å². The van der Waals surface area contributed by atoms with Crippen molar-refractivity contribution in [2.75, 3.05) is 42.5 Å². The van der Waals surface area contributed by atoms with E-state index >= 15 is 0 Å². The van der Waals surface area contributed by atoms with Crippen molar-refractivity contribution in [2.45, 2.75) is 120 Å². The third-order valence-corrected chi connectivity index (χ3v) is 17.4. The lowest BCUT2D eigenvalue weighted by Gasteiger charge is -2.42. The van der Waals surface area contributed by atoms with Gasteiger partial charge in [-0.05, 0) is 124 Å². The van der Waals surface area contributed by atoms with Crippen LogP contribution in [0.3, 0.4) is 0 Å². The maximum absolute atomic E-state index is 14.4. The Kier molecular flexibility index (Phi) is 14.0. The summed E-state index contributed by atoms with van der Waals surface area (Å²) in [4.78, 5) is 55.8. The fourth-order valence-corrected chi connectivity index (χ4v) is 13.3. The molecule has 5 atom stereocenters. The molecule has 4 aliphatic heterocycles. The highest BCUT2D eigenvalue weighted by Crippen LogP contribution is 2.44. The van der Waals surface area contributed by atoms with Crippen LogP contribution in [-0.4, -0.2) is 125 Å². The molecular formula is C58H63ClFN11O6. The van der Waals surface area contributed by atoms with Crippen LogP contribution in [-0.2, 0) is 9.59 Å². The second-order valence-electron chi connectivity index (χ2n) is 21.9. The molecule has 7 aromatic rings. The number of aromatic nitrogens is 6. The van der Waals surface area contributed by atoms with Gasteiger partial charge in [-0.3, -0.25) is 9.59 Å². The predicted molar refractivity (Wildman–Crippen MR) is 289 cm³/mol. The minimum Gasteiger partial charge on any atom is -0.507 e. The van der Waals surface area contributed by atoms with Gasteiger partial charge in [-0.2, -0.15) is 5.48 Å². The van der Waals surface area contributed by atoms with Gasteiger partial charge in [-0.25, -0.2) is 14.4 Å². The number of carbonyl (C=O) groups is 2. The van der Waals surface area contributed by atoms with E-state index in [2.05, 4.69) is 52.9 Å². The number of aliphatic hydroxyl groups excluding tert-OH is 1. The fraction of sp³-hybridized carbons (Fsp3) is 0.431. The van der Waals surface area contributed by atoms with Crippen molar-refractivity contribution in [1.82, 2.24) is 45.6 Å². The number of halogens is 2. The molecule has 17 nitrogen and oxygen atoms in total. The number of β-amino-alcohol motifs (C(OH)–C–C–N with tert-alkyl or cyclic N) is 1. The van der Waals surface area contributed by atoms with Gasteiger partial charge in [0.05, 0.1) is 17.5 Å². The van der Waals surface area contributed by atoms with Crippen molar-refractivity contribution < 1.29 is 33.6 Å². The quantitative estimate of drug-likeness (QED) is 0.0797. The Hall–Kier alpha value is -7.15. The first-order valence-electron chi connectivity index (χ1n) is 27.1. The van der Waals surface area contributed by atoms with Gasteiger partial charge in [0.2, 0.25) is 11.9 Å². The summed E-state index contributed by atoms with van der Waals surface area (Å²) in [6.45, 7) is 7.49. The van der Waals surface area contributed by atoms with Crippen molar-refractivity contribution >= 4 is 46.1 Å². The van der Waals surface area contributed by atoms with E-state index in [4.69, 9.17) is 30.9 Å². The van der Waals surface area contributed by atoms with E-state index in [9.17, 15) is 24.2 Å². The largest absolute Gasteiger partial charge is 0.507 e. The Morgan fingerprint density at radius 2 is 1.53 bits per heavy atom. The molecule has 77 heavy (non-hydrogen) atoms. The number of hydrogen-bond acceptors (Lipinski definition) is 14. The van der Waals surface area contributed by atoms with Crippen molar-refractivity contribution in [3.8, 4) is 33.9 Å². The number of rotatable bonds is 13. The van der Waals surface area contributed by atoms with Gasteiger partial charge >= 0.3 is 0 Å². The highest BCUT2D eigenvalue weighted by atomic mass is 35.5. The lowest BCUT2D eigenvalue weighted by molar-refractivity contribution is -0.143. The number of carbonyl (C=O) groups excluding carboxylic acids is 2. The Morgan fingerprint density at radius 1 is 0.844 bits per heavy atom. The number of para-hydroxylation sites is 1. The van der Waals surface area contributed by atoms with Gasteiger partial charge in [-0.1, -0.05) is 73.1 Å². The molecule has 1 saturated carbocycles. The number of anilines is 2. The SMILES string of the molecule is CC(C)[C@@H](C(=O)N1C[C@H](O)C[C@H]1C(=O)NOc1ccc(-c2ccccc2F)cc1)c1onc([C@H]2CC[C@H](N3CCC(c4cnc(N5C6CCC5CN(c5c[nH]c7nnc(-c8ccccc8O)cc57)C6)nc4)CC3)CC2)c1Cl. The van der Waals surface area contributed by atoms with E-state index < -0.39 is 24.0 Å². The molecule has 5 fully saturated rings. The smallest absolute Gasteiger partial charge is 0.275 e. The van der Waals surface area contributed by atoms with Crippen LogP contribution in [0.25, 0.3) is 33.4 Å². The van der Waals surface area contributed by atoms with E-state index in [1.165, 1.54) is 16.5 Å². The maximum atomic E-state index is 14.4. The molecular weight excluding hydrogens is 1000 g/mol. The van der Waals surface area contributed by atoms with E-state index in [1.807, 2.05) is 38.2 Å². The first-order chi connectivity index (χ1) is 37.4. The average molecular weight is 1060 g/mol. The van der Waals surface area contributed by atoms with Crippen LogP contribution < -0.4 is 20.1 Å². The molecule has 4 N–H and O–H groups in total. The summed E-state index contributed by atoms with van der Waals surface area (Å²) >= 11 is 7.12. The summed E-state index contributed by atoms with van der Waals surface area (Å²) in [7, 11) is 0. The molecule has 5 aliphatic rings. The third kappa shape index (κ3) is 9.95. The number of piperidine rings is 1. The summed E-state index contributed by atoms with van der Waals surface area (Å²) in [5.41, 5.74) is 8.53. The second-order valence-corrected chi connectivity index (χ2v) is 22.3. The minimum absolute atomic E-state index is 0.0336. The molecule has 2 amide bonds. The van der Waals surface area contributed by atoms with Crippen LogP contribution in [0.5, 0.6) is 11.5 Å². The van der Waals surface area contributed by atoms with Crippen molar-refractivity contribution in [1.29, 1.82) is 0 Å². The molecule has 0 spiro atoms. The summed E-state index contributed by atoms with van der Waals surface area (Å²) in [5.74, 6) is -0.319. The predicted octanol–water partition coefficient (Wildman–Crippen LogP) is 9.14. The first kappa shape index (κ1) is 50.7. The Morgan fingerprint density at radius 3 is 2.23 bits per heavy atom. The van der Waals surface area contributed by atoms with E-state index in [0.29, 0.717) is 62.9 Å². The summed E-state index contributed by atoms with van der Waals surface area (Å²) in [6, 6.07) is 22.3. The average Bonchev–Trinajstić information content (AvgIpc) is 4.25. The third-order valence-electron chi connectivity index (χ3n) is 17.0. The molecule has 4 saturated heterocycles. The number of aliphatic hydroxyl groups is 1. The molecule has 400 valence electrons. The minimum atomic E-state index is -0.996. The number of nitrogens with one attached hydrogen (secondary N) is 2. The van der Waals surface area contributed by atoms with Crippen molar-refractivity contribution in [3.05, 3.63) is 125 Å². The number of amides is 2. The topological polar surface area (TPSA) is 202 Å². The first-order valence-corrected chi connectivity index (χ1v) is 27.5. The lowest BCUT2D eigenvalue weighted by atomic mass is 9.81. The number of aromatic amines is 1. The standard InChI is InChI=1S/C58H63ClFN11O6/c1-33(2)51(57(75)70-32-41(72)25-48(70)56(74)67-76-42-19-13-35(14-20-42)43-7-3-5-9-46(43)60)54-52(59)53(66-77-54)36-11-15-38(16-12-36)68-23-21-34(22-24-68)37-27-62-58(63-28-37)71-39-17-18-40(71)31-69(30-39)49-29-61-55-45(49)26-47(64-65-55)44-8-4-6-10-50(44)73/h3-10,13-14,19-20,26-29,33-34,36,38-41,48,51,72-73H,11-12,15-18,21-25,30-32H2,1-2H3,(H,61,65)(H,67,74)/t36-,38-,39?,40?,41-,48+,51-/m1/s1. The number of fused-ring (bicyclic) bond motifs is 3. The van der Waals surface area contributed by atoms with Crippen LogP contribution in [0, 0.1) is 11.7 Å². The molecule has 12 rings (SSSR count). The zero-order chi connectivity index (χ0) is 52.9. The van der Waals surface area contributed by atoms with Crippen molar-refractivity contribution in [2.24, 2.45) is 5.92 Å². The zero-order valence-corrected chi connectivity index (χ0v) is 43.9. The highest BCUT2D eigenvalue weighted by molar-refractivity contribution is 6.32. The number of aromatic hydroxyl groups is 1. The normalized spacial score (nSPS) is 23.5. The second kappa shape index (κ2) is 21.3. The van der Waals surface area contributed by atoms with Crippen LogP contribution >= 0.6 is 11.6 Å². The van der Waals surface area contributed by atoms with Crippen LogP contribution in [0.15, 0.2) is 102 Å². The van der Waals surface area contributed by atoms with Gasteiger partial charge in [0.15, 0.2) is 17.2 Å². The number of benzene rings is 3. The Bertz CT molecular complexity index is 3240. The number of phenols is 1. The van der Waals surface area contributed by atoms with Gasteiger partial charge in [0, 0.05) is 85.2 Å². The molecule has 4 aromatic heterocycles. The van der Waals surface area contributed by atoms with Crippen molar-refractivity contribution in [3.63, 3.8) is 0 Å². The van der Waals surface area contributed by atoms with Crippen LogP contribution in [0.4, 0.5) is 16.0 Å². The molecule has 8 heterocycles. The molecule has 2 unspecified atom stereocenters. The van der Waals surface area contributed by atoms with E-state index in [0.717, 1.165) is 100 Å². The number of H-pyrrole nitrogens is 1. The molecule has 19 heteroatoms. The summed E-state index contributed by atoms with van der Waals surface area (Å²) in [5, 5.41) is 35.9. The molecule has 0 radical (unpaired) electrons.